The number of hydrogen-bond donors (Lipinski definition) is 2. The summed E-state index contributed by atoms with van der Waals surface area (Å²) in [6.45, 7) is 8.42. The molecule has 0 aliphatic carbocycles. The predicted octanol–water partition coefficient (Wildman–Crippen LogP) is 3.29. The van der Waals surface area contributed by atoms with Crippen molar-refractivity contribution < 1.29 is 9.53 Å². The molecule has 0 bridgehead atoms. The van der Waals surface area contributed by atoms with Gasteiger partial charge in [0.25, 0.3) is 5.91 Å². The number of likely N-dealkylation sites (tertiary alicyclic amines) is 2. The number of carbonyl (C=O) groups is 1. The molecule has 1 aromatic carbocycles. The average Bonchev–Trinajstić information content (AvgIpc) is 3.55. The quantitative estimate of drug-likeness (QED) is 0.460. The fourth-order valence-electron chi connectivity index (χ4n) is 5.68. The van der Waals surface area contributed by atoms with E-state index < -0.39 is 0 Å². The summed E-state index contributed by atoms with van der Waals surface area (Å²) in [4.78, 5) is 22.3. The lowest BCUT2D eigenvalue weighted by molar-refractivity contribution is 0.0323. The highest BCUT2D eigenvalue weighted by Crippen LogP contribution is 2.26. The molecule has 2 aliphatic rings. The molecular weight excluding hydrogens is 490 g/mol. The van der Waals surface area contributed by atoms with Crippen molar-refractivity contribution in [2.45, 2.75) is 57.9 Å². The number of nitrogen functional groups attached to an aromatic ring is 1. The van der Waals surface area contributed by atoms with Crippen LogP contribution < -0.4 is 11.1 Å². The van der Waals surface area contributed by atoms with Gasteiger partial charge in [-0.1, -0.05) is 25.1 Å². The maximum atomic E-state index is 13.4. The molecule has 2 fully saturated rings. The number of aromatic nitrogens is 3. The van der Waals surface area contributed by atoms with Crippen LogP contribution in [-0.2, 0) is 17.8 Å². The number of piperidine rings is 1. The Morgan fingerprint density at radius 1 is 1.10 bits per heavy atom. The fraction of sp³-hybridized carbons (Fsp3) is 0.500. The van der Waals surface area contributed by atoms with Crippen molar-refractivity contribution >= 4 is 11.7 Å². The van der Waals surface area contributed by atoms with Crippen molar-refractivity contribution in [1.29, 1.82) is 0 Å². The van der Waals surface area contributed by atoms with Gasteiger partial charge >= 0.3 is 0 Å². The number of benzene rings is 1. The first-order chi connectivity index (χ1) is 18.8. The van der Waals surface area contributed by atoms with Crippen molar-refractivity contribution in [2.75, 3.05) is 46.0 Å². The number of nitrogens with one attached hydrogen (secondary N) is 1. The molecule has 3 N–H and O–H groups in total. The number of ether oxygens (including phenoxy) is 1. The second kappa shape index (κ2) is 11.9. The first kappa shape index (κ1) is 27.3. The molecule has 0 radical (unpaired) electrons. The minimum absolute atomic E-state index is 0.115. The lowest BCUT2D eigenvalue weighted by Gasteiger charge is -2.28. The summed E-state index contributed by atoms with van der Waals surface area (Å²) >= 11 is 0. The number of amides is 1. The van der Waals surface area contributed by atoms with E-state index in [4.69, 9.17) is 10.5 Å². The molecular formula is C30H41N7O2. The second-order valence-electron chi connectivity index (χ2n) is 11.2. The Balaban J connectivity index is 1.25. The number of anilines is 1. The molecule has 39 heavy (non-hydrogen) atoms. The van der Waals surface area contributed by atoms with Gasteiger partial charge in [0.1, 0.15) is 5.82 Å². The highest BCUT2D eigenvalue weighted by atomic mass is 16.5. The molecule has 0 saturated carbocycles. The molecule has 3 aromatic rings. The van der Waals surface area contributed by atoms with Gasteiger partial charge in [-0.05, 0) is 76.1 Å². The third-order valence-corrected chi connectivity index (χ3v) is 8.18. The van der Waals surface area contributed by atoms with Gasteiger partial charge in [0, 0.05) is 36.6 Å². The zero-order valence-corrected chi connectivity index (χ0v) is 23.6. The Kier molecular flexibility index (Phi) is 8.30. The fourth-order valence-corrected chi connectivity index (χ4v) is 5.68. The van der Waals surface area contributed by atoms with Gasteiger partial charge in [0.15, 0.2) is 0 Å². The standard InChI is InChI=1S/C30H41N7O2/c1-5-22-12-21(7-6-20(22)2)19-39-28-18-36(4)17-27(28)34-30(38)26-13-23(14-32-29(26)31)24-15-33-37(16-24)25-8-10-35(3)11-9-25/h6-7,12-16,25,27-28H,5,8-11,17-19H2,1-4H3,(H2,31,32)(H,34,38)/t27-,28-/m0/s1. The first-order valence-corrected chi connectivity index (χ1v) is 14.0. The van der Waals surface area contributed by atoms with Crippen LogP contribution in [0.25, 0.3) is 11.1 Å². The molecule has 2 atom stereocenters. The highest BCUT2D eigenvalue weighted by Gasteiger charge is 2.33. The number of nitrogens with zero attached hydrogens (tertiary/aromatic N) is 5. The molecule has 2 aliphatic heterocycles. The summed E-state index contributed by atoms with van der Waals surface area (Å²) in [5.74, 6) is -0.0170. The van der Waals surface area contributed by atoms with Crippen LogP contribution in [-0.4, -0.2) is 82.9 Å². The Morgan fingerprint density at radius 3 is 2.67 bits per heavy atom. The van der Waals surface area contributed by atoms with Crippen LogP contribution in [0, 0.1) is 6.92 Å². The van der Waals surface area contributed by atoms with Crippen molar-refractivity contribution in [1.82, 2.24) is 29.9 Å². The van der Waals surface area contributed by atoms with Crippen molar-refractivity contribution in [2.24, 2.45) is 0 Å². The maximum Gasteiger partial charge on any atom is 0.255 e. The molecule has 0 unspecified atom stereocenters. The number of pyridine rings is 1. The van der Waals surface area contributed by atoms with Crippen LogP contribution in [0.3, 0.4) is 0 Å². The predicted molar refractivity (Wildman–Crippen MR) is 154 cm³/mol. The monoisotopic (exact) mass is 531 g/mol. The van der Waals surface area contributed by atoms with Crippen LogP contribution in [0.1, 0.15) is 52.9 Å². The van der Waals surface area contributed by atoms with E-state index in [1.54, 1.807) is 6.20 Å². The van der Waals surface area contributed by atoms with Crippen LogP contribution in [0.5, 0.6) is 0 Å². The Labute approximate surface area is 231 Å². The highest BCUT2D eigenvalue weighted by molar-refractivity contribution is 5.99. The van der Waals surface area contributed by atoms with Crippen LogP contribution >= 0.6 is 0 Å². The van der Waals surface area contributed by atoms with E-state index in [1.165, 1.54) is 11.1 Å². The number of nitrogens with two attached hydrogens (primary N) is 1. The minimum atomic E-state index is -0.234. The van der Waals surface area contributed by atoms with E-state index in [9.17, 15) is 4.79 Å². The SMILES string of the molecule is CCc1cc(CO[C@H]2CN(C)C[C@@H]2NC(=O)c2cc(-c3cnn(C4CCN(C)CC4)c3)cnc2N)ccc1C. The van der Waals surface area contributed by atoms with Gasteiger partial charge in [-0.2, -0.15) is 5.10 Å². The van der Waals surface area contributed by atoms with E-state index in [0.29, 0.717) is 24.8 Å². The van der Waals surface area contributed by atoms with Crippen molar-refractivity contribution in [3.63, 3.8) is 0 Å². The van der Waals surface area contributed by atoms with E-state index in [1.807, 2.05) is 24.0 Å². The van der Waals surface area contributed by atoms with Gasteiger partial charge in [-0.25, -0.2) is 4.98 Å². The summed E-state index contributed by atoms with van der Waals surface area (Å²) in [5, 5.41) is 7.79. The summed E-state index contributed by atoms with van der Waals surface area (Å²) in [6.07, 6.45) is 8.65. The Morgan fingerprint density at radius 2 is 1.90 bits per heavy atom. The van der Waals surface area contributed by atoms with Gasteiger partial charge in [-0.15, -0.1) is 0 Å². The molecule has 1 amide bonds. The number of likely N-dealkylation sites (N-methyl/N-ethyl adjacent to an activating group) is 1. The number of rotatable bonds is 8. The molecule has 2 aromatic heterocycles. The summed E-state index contributed by atoms with van der Waals surface area (Å²) in [6, 6.07) is 8.55. The number of hydrogen-bond acceptors (Lipinski definition) is 7. The van der Waals surface area contributed by atoms with Gasteiger partial charge in [-0.3, -0.25) is 9.48 Å². The molecule has 9 heteroatoms. The summed E-state index contributed by atoms with van der Waals surface area (Å²) in [7, 11) is 4.20. The minimum Gasteiger partial charge on any atom is -0.383 e. The average molecular weight is 532 g/mol. The first-order valence-electron chi connectivity index (χ1n) is 14.0. The third-order valence-electron chi connectivity index (χ3n) is 8.18. The van der Waals surface area contributed by atoms with Crippen LogP contribution in [0.2, 0.25) is 0 Å². The topological polar surface area (TPSA) is 102 Å². The molecule has 2 saturated heterocycles. The zero-order valence-electron chi connectivity index (χ0n) is 23.6. The largest absolute Gasteiger partial charge is 0.383 e. The number of aryl methyl sites for hydroxylation is 2. The molecule has 0 spiro atoms. The Hall–Kier alpha value is -3.27. The summed E-state index contributed by atoms with van der Waals surface area (Å²) in [5.41, 5.74) is 12.1. The molecule has 9 nitrogen and oxygen atoms in total. The van der Waals surface area contributed by atoms with Gasteiger partial charge in [0.05, 0.1) is 36.6 Å². The van der Waals surface area contributed by atoms with E-state index in [2.05, 4.69) is 70.5 Å². The van der Waals surface area contributed by atoms with Crippen molar-refractivity contribution in [3.8, 4) is 11.1 Å². The lowest BCUT2D eigenvalue weighted by Crippen LogP contribution is -2.44. The molecule has 4 heterocycles. The smallest absolute Gasteiger partial charge is 0.255 e. The second-order valence-corrected chi connectivity index (χ2v) is 11.2. The molecule has 208 valence electrons. The van der Waals surface area contributed by atoms with Crippen LogP contribution in [0.4, 0.5) is 5.82 Å². The normalized spacial score (nSPS) is 20.9. The number of carbonyl (C=O) groups excluding carboxylic acids is 1. The van der Waals surface area contributed by atoms with E-state index in [-0.39, 0.29) is 23.9 Å². The maximum absolute atomic E-state index is 13.4. The summed E-state index contributed by atoms with van der Waals surface area (Å²) < 4.78 is 8.37. The Bertz CT molecular complexity index is 1300. The zero-order chi connectivity index (χ0) is 27.5. The van der Waals surface area contributed by atoms with Crippen molar-refractivity contribution in [3.05, 3.63) is 65.1 Å². The van der Waals surface area contributed by atoms with E-state index >= 15 is 0 Å². The molecule has 5 rings (SSSR count). The van der Waals surface area contributed by atoms with Gasteiger partial charge < -0.3 is 25.6 Å². The lowest BCUT2D eigenvalue weighted by atomic mass is 10.0. The van der Waals surface area contributed by atoms with E-state index in [0.717, 1.165) is 55.6 Å². The third kappa shape index (κ3) is 6.32. The van der Waals surface area contributed by atoms with Gasteiger partial charge in [0.2, 0.25) is 0 Å². The van der Waals surface area contributed by atoms with Crippen LogP contribution in [0.15, 0.2) is 42.9 Å².